The molecule has 2 rings (SSSR count). The van der Waals surface area contributed by atoms with Gasteiger partial charge in [0.15, 0.2) is 6.34 Å². The van der Waals surface area contributed by atoms with E-state index >= 15 is 0 Å². The Bertz CT molecular complexity index is 464. The Kier molecular flexibility index (Phi) is 2.81. The van der Waals surface area contributed by atoms with Gasteiger partial charge in [-0.1, -0.05) is 6.07 Å². The van der Waals surface area contributed by atoms with Crippen LogP contribution in [0.3, 0.4) is 0 Å². The van der Waals surface area contributed by atoms with E-state index in [4.69, 9.17) is 17.2 Å². The second-order valence-electron chi connectivity index (χ2n) is 3.28. The first-order chi connectivity index (χ1) is 7.72. The number of hydrogen-bond acceptors (Lipinski definition) is 3. The van der Waals surface area contributed by atoms with Crippen molar-refractivity contribution in [3.8, 4) is 6.57 Å². The van der Waals surface area contributed by atoms with Crippen molar-refractivity contribution >= 4 is 12.0 Å². The minimum atomic E-state index is -0.353. The van der Waals surface area contributed by atoms with E-state index in [1.807, 2.05) is 0 Å². The number of benzene rings is 1. The van der Waals surface area contributed by atoms with Gasteiger partial charge >= 0.3 is 6.57 Å². The number of rotatable bonds is 3. The summed E-state index contributed by atoms with van der Waals surface area (Å²) in [6, 6.07) is 4.61. The van der Waals surface area contributed by atoms with Gasteiger partial charge in [-0.15, -0.1) is 0 Å². The Balaban J connectivity index is 2.20. The SMILES string of the molecule is C#[N+]/N=C\N(N)c1ccc([C@H]2CO2)c(F)c1. The van der Waals surface area contributed by atoms with Crippen molar-refractivity contribution in [2.75, 3.05) is 11.6 Å². The van der Waals surface area contributed by atoms with Crippen molar-refractivity contribution < 1.29 is 9.13 Å². The van der Waals surface area contributed by atoms with E-state index in [0.29, 0.717) is 17.9 Å². The summed E-state index contributed by atoms with van der Waals surface area (Å²) in [5.74, 6) is 5.21. The Morgan fingerprint density at radius 1 is 1.69 bits per heavy atom. The van der Waals surface area contributed by atoms with Crippen molar-refractivity contribution in [3.63, 3.8) is 0 Å². The molecule has 1 saturated heterocycles. The molecule has 0 unspecified atom stereocenters. The summed E-state index contributed by atoms with van der Waals surface area (Å²) < 4.78 is 18.6. The molecule has 1 atom stereocenters. The molecule has 0 spiro atoms. The third-order valence-electron chi connectivity index (χ3n) is 2.21. The van der Waals surface area contributed by atoms with Gasteiger partial charge < -0.3 is 4.74 Å². The second kappa shape index (κ2) is 4.26. The summed E-state index contributed by atoms with van der Waals surface area (Å²) in [6.45, 7) is 5.38. The van der Waals surface area contributed by atoms with Crippen LogP contribution in [-0.2, 0) is 4.74 Å². The number of ether oxygens (including phenoxy) is 1. The van der Waals surface area contributed by atoms with E-state index < -0.39 is 0 Å². The maximum Gasteiger partial charge on any atom is 0.307 e. The molecule has 5 nitrogen and oxygen atoms in total. The number of nitrogens with two attached hydrogens (primary N) is 1. The Hall–Kier alpha value is -1.97. The van der Waals surface area contributed by atoms with Gasteiger partial charge in [0.25, 0.3) is 0 Å². The quantitative estimate of drug-likeness (QED) is 0.276. The van der Waals surface area contributed by atoms with Gasteiger partial charge in [-0.05, 0) is 12.1 Å². The topological polar surface area (TPSA) is 58.5 Å². The molecule has 0 aromatic heterocycles. The number of hydrazine groups is 1. The monoisotopic (exact) mass is 221 g/mol. The highest BCUT2D eigenvalue weighted by Crippen LogP contribution is 2.32. The summed E-state index contributed by atoms with van der Waals surface area (Å²) >= 11 is 0. The maximum absolute atomic E-state index is 13.6. The smallest absolute Gasteiger partial charge is 0.307 e. The van der Waals surface area contributed by atoms with Crippen molar-refractivity contribution in [1.82, 2.24) is 0 Å². The average molecular weight is 221 g/mol. The van der Waals surface area contributed by atoms with E-state index in [2.05, 4.69) is 10.1 Å². The van der Waals surface area contributed by atoms with Crippen LogP contribution in [0.15, 0.2) is 23.3 Å². The highest BCUT2D eigenvalue weighted by atomic mass is 19.1. The molecular weight excluding hydrogens is 211 g/mol. The molecule has 0 bridgehead atoms. The first-order valence-electron chi connectivity index (χ1n) is 4.60. The summed E-state index contributed by atoms with van der Waals surface area (Å²) in [7, 11) is 0. The van der Waals surface area contributed by atoms with Crippen molar-refractivity contribution in [2.24, 2.45) is 10.9 Å². The molecule has 1 aliphatic rings. The molecular formula is C10H10FN4O+. The fourth-order valence-corrected chi connectivity index (χ4v) is 1.32. The molecule has 0 amide bonds. The molecule has 1 aromatic carbocycles. The third-order valence-corrected chi connectivity index (χ3v) is 2.21. The standard InChI is InChI=1S/C10H10FN4O/c1-13-14-6-15(12)7-2-3-8(9(11)4-7)10-5-16-10/h1-4,6,10H,5,12H2/q+1/b14-6-/t10-/m1/s1. The highest BCUT2D eigenvalue weighted by Gasteiger charge is 2.27. The van der Waals surface area contributed by atoms with E-state index in [1.165, 1.54) is 12.4 Å². The predicted octanol–water partition coefficient (Wildman–Crippen LogP) is 1.48. The molecule has 1 aromatic rings. The Labute approximate surface area is 91.7 Å². The van der Waals surface area contributed by atoms with Gasteiger partial charge in [0.05, 0.1) is 12.3 Å². The van der Waals surface area contributed by atoms with Gasteiger partial charge in [-0.3, -0.25) is 5.01 Å². The zero-order chi connectivity index (χ0) is 11.5. The lowest BCUT2D eigenvalue weighted by molar-refractivity contribution is 0.408. The fraction of sp³-hybridized carbons (Fsp3) is 0.200. The minimum absolute atomic E-state index is 0.118. The molecule has 0 saturated carbocycles. The zero-order valence-electron chi connectivity index (χ0n) is 8.38. The first kappa shape index (κ1) is 10.5. The van der Waals surface area contributed by atoms with Crippen molar-refractivity contribution in [2.45, 2.75) is 6.10 Å². The lowest BCUT2D eigenvalue weighted by Gasteiger charge is -2.11. The van der Waals surface area contributed by atoms with Crippen LogP contribution in [0.25, 0.3) is 4.95 Å². The number of halogens is 1. The molecule has 6 heteroatoms. The van der Waals surface area contributed by atoms with E-state index in [-0.39, 0.29) is 11.9 Å². The molecule has 1 aliphatic heterocycles. The number of epoxide rings is 1. The Morgan fingerprint density at radius 3 is 3.00 bits per heavy atom. The van der Waals surface area contributed by atoms with Gasteiger partial charge in [0, 0.05) is 5.56 Å². The lowest BCUT2D eigenvalue weighted by Crippen LogP contribution is -2.28. The van der Waals surface area contributed by atoms with E-state index in [9.17, 15) is 4.39 Å². The van der Waals surface area contributed by atoms with E-state index in [1.54, 1.807) is 12.1 Å². The number of nitrogens with zero attached hydrogens (tertiary/aromatic N) is 3. The molecule has 1 fully saturated rings. The molecule has 1 heterocycles. The second-order valence-corrected chi connectivity index (χ2v) is 3.28. The van der Waals surface area contributed by atoms with Crippen LogP contribution >= 0.6 is 0 Å². The van der Waals surface area contributed by atoms with Gasteiger partial charge in [-0.25, -0.2) is 10.2 Å². The zero-order valence-corrected chi connectivity index (χ0v) is 8.38. The molecule has 82 valence electrons. The lowest BCUT2D eigenvalue weighted by atomic mass is 10.1. The predicted molar refractivity (Wildman–Crippen MR) is 58.6 cm³/mol. The normalized spacial score (nSPS) is 18.4. The van der Waals surface area contributed by atoms with Crippen LogP contribution < -0.4 is 10.9 Å². The van der Waals surface area contributed by atoms with E-state index in [0.717, 1.165) is 5.01 Å². The summed E-state index contributed by atoms with van der Waals surface area (Å²) in [6.07, 6.45) is 1.07. The van der Waals surface area contributed by atoms with Gasteiger partial charge in [0.1, 0.15) is 22.0 Å². The van der Waals surface area contributed by atoms with Gasteiger partial charge in [-0.2, -0.15) is 0 Å². The molecule has 0 aliphatic carbocycles. The highest BCUT2D eigenvalue weighted by molar-refractivity contribution is 5.77. The largest absolute Gasteiger partial charge is 0.368 e. The first-order valence-corrected chi connectivity index (χ1v) is 4.60. The maximum atomic E-state index is 13.6. The van der Waals surface area contributed by atoms with Crippen molar-refractivity contribution in [1.29, 1.82) is 0 Å². The summed E-state index contributed by atoms with van der Waals surface area (Å²) in [5.41, 5.74) is 0.993. The van der Waals surface area contributed by atoms with Crippen LogP contribution in [0.1, 0.15) is 11.7 Å². The summed E-state index contributed by atoms with van der Waals surface area (Å²) in [5, 5.41) is 4.50. The number of anilines is 1. The van der Waals surface area contributed by atoms with Crippen LogP contribution in [0, 0.1) is 12.4 Å². The van der Waals surface area contributed by atoms with Crippen molar-refractivity contribution in [3.05, 3.63) is 34.5 Å². The van der Waals surface area contributed by atoms with Crippen LogP contribution in [0.2, 0.25) is 0 Å². The average Bonchev–Trinajstić information content (AvgIpc) is 3.09. The van der Waals surface area contributed by atoms with Crippen LogP contribution in [0.5, 0.6) is 0 Å². The fourth-order valence-electron chi connectivity index (χ4n) is 1.32. The summed E-state index contributed by atoms with van der Waals surface area (Å²) in [4.78, 5) is 3.01. The van der Waals surface area contributed by atoms with Gasteiger partial charge in [0.2, 0.25) is 0 Å². The molecule has 2 N–H and O–H groups in total. The Morgan fingerprint density at radius 2 is 2.44 bits per heavy atom. The third kappa shape index (κ3) is 2.16. The minimum Gasteiger partial charge on any atom is -0.368 e. The van der Waals surface area contributed by atoms with Crippen LogP contribution in [-0.4, -0.2) is 12.9 Å². The molecule has 0 radical (unpaired) electrons. The number of hydrogen-bond donors (Lipinski definition) is 1. The molecule has 16 heavy (non-hydrogen) atoms. The van der Waals surface area contributed by atoms with Crippen LogP contribution in [0.4, 0.5) is 10.1 Å².